The highest BCUT2D eigenvalue weighted by atomic mass is 32.2. The van der Waals surface area contributed by atoms with Crippen LogP contribution in [0.25, 0.3) is 11.3 Å². The largest absolute Gasteiger partial charge is 0.310 e. The predicted molar refractivity (Wildman–Crippen MR) is 69.5 cm³/mol. The van der Waals surface area contributed by atoms with Gasteiger partial charge in [0.15, 0.2) is 5.16 Å². The van der Waals surface area contributed by atoms with Gasteiger partial charge in [-0.05, 0) is 17.3 Å². The van der Waals surface area contributed by atoms with Gasteiger partial charge in [0.25, 0.3) is 5.56 Å². The number of thioether (sulfide) groups is 1. The van der Waals surface area contributed by atoms with Crippen LogP contribution in [0.2, 0.25) is 0 Å². The molecule has 0 radical (unpaired) electrons. The number of fused-ring (bicyclic) bond motifs is 1. The minimum absolute atomic E-state index is 0.0229. The molecular weight excluding hydrogens is 262 g/mol. The molecule has 0 unspecified atom stereocenters. The maximum atomic E-state index is 11.8. The van der Waals surface area contributed by atoms with Crippen LogP contribution in [0.1, 0.15) is 5.56 Å². The number of hydrogen-bond donors (Lipinski definition) is 0. The van der Waals surface area contributed by atoms with Crippen LogP contribution in [-0.4, -0.2) is 14.7 Å². The number of aromatic nitrogens is 2. The first-order valence-electron chi connectivity index (χ1n) is 5.51. The predicted octanol–water partition coefficient (Wildman–Crippen LogP) is 1.41. The van der Waals surface area contributed by atoms with Crippen LogP contribution in [0.5, 0.6) is 0 Å². The molecular formula is C13H7N3O2S. The van der Waals surface area contributed by atoms with E-state index in [4.69, 9.17) is 5.26 Å². The Morgan fingerprint density at radius 3 is 2.68 bits per heavy atom. The van der Waals surface area contributed by atoms with Crippen molar-refractivity contribution < 1.29 is 4.79 Å². The van der Waals surface area contributed by atoms with Crippen molar-refractivity contribution in [3.8, 4) is 17.3 Å². The molecule has 3 rings (SSSR count). The van der Waals surface area contributed by atoms with E-state index in [1.54, 1.807) is 16.7 Å². The van der Waals surface area contributed by atoms with Crippen LogP contribution < -0.4 is 5.56 Å². The Bertz CT molecular complexity index is 775. The smallest absolute Gasteiger partial charge is 0.292 e. The maximum Gasteiger partial charge on any atom is 0.292 e. The van der Waals surface area contributed by atoms with Crippen LogP contribution in [0.4, 0.5) is 0 Å². The molecule has 0 aliphatic carbocycles. The summed E-state index contributed by atoms with van der Waals surface area (Å²) < 4.78 is 1.63. The summed E-state index contributed by atoms with van der Waals surface area (Å²) in [5, 5.41) is 9.43. The molecule has 0 saturated carbocycles. The summed E-state index contributed by atoms with van der Waals surface area (Å²) in [6, 6.07) is 11.0. The van der Waals surface area contributed by atoms with Gasteiger partial charge in [-0.15, -0.1) is 0 Å². The van der Waals surface area contributed by atoms with Gasteiger partial charge in [0.2, 0.25) is 5.12 Å². The Balaban J connectivity index is 2.38. The maximum absolute atomic E-state index is 11.8. The number of nitrogens with zero attached hydrogens (tertiary/aromatic N) is 3. The van der Waals surface area contributed by atoms with Crippen molar-refractivity contribution in [3.05, 3.63) is 46.2 Å². The lowest BCUT2D eigenvalue weighted by molar-refractivity contribution is -0.111. The molecule has 1 aromatic carbocycles. The first kappa shape index (κ1) is 11.7. The van der Waals surface area contributed by atoms with Gasteiger partial charge in [-0.1, -0.05) is 30.3 Å². The number of carbonyl (C=O) groups is 1. The third-order valence-corrected chi connectivity index (χ3v) is 3.65. The Morgan fingerprint density at radius 1 is 1.26 bits per heavy atom. The highest BCUT2D eigenvalue weighted by molar-refractivity contribution is 8.13. The lowest BCUT2D eigenvalue weighted by atomic mass is 10.1. The Hall–Kier alpha value is -2.39. The third kappa shape index (κ3) is 1.84. The van der Waals surface area contributed by atoms with Crippen LogP contribution in [0, 0.1) is 11.3 Å². The van der Waals surface area contributed by atoms with Gasteiger partial charge in [-0.25, -0.2) is 0 Å². The van der Waals surface area contributed by atoms with Crippen LogP contribution in [0.3, 0.4) is 0 Å². The molecule has 0 amide bonds. The molecule has 92 valence electrons. The van der Waals surface area contributed by atoms with Gasteiger partial charge in [-0.3, -0.25) is 9.59 Å². The second-order valence-corrected chi connectivity index (χ2v) is 4.99. The van der Waals surface area contributed by atoms with Crippen molar-refractivity contribution in [2.24, 2.45) is 0 Å². The van der Waals surface area contributed by atoms with Crippen LogP contribution in [-0.2, 0) is 11.3 Å². The Kier molecular flexibility index (Phi) is 2.69. The fraction of sp³-hybridized carbons (Fsp3) is 0.0769. The van der Waals surface area contributed by atoms with E-state index in [-0.39, 0.29) is 17.2 Å². The second kappa shape index (κ2) is 4.37. The van der Waals surface area contributed by atoms with E-state index in [1.165, 1.54) is 0 Å². The fourth-order valence-corrected chi connectivity index (χ4v) is 2.81. The van der Waals surface area contributed by atoms with E-state index < -0.39 is 5.56 Å². The number of nitriles is 1. The summed E-state index contributed by atoms with van der Waals surface area (Å²) in [7, 11) is 0. The quantitative estimate of drug-likeness (QED) is 0.732. The van der Waals surface area contributed by atoms with Crippen LogP contribution in [0.15, 0.2) is 40.3 Å². The fourth-order valence-electron chi connectivity index (χ4n) is 2.02. The molecule has 1 aromatic heterocycles. The summed E-state index contributed by atoms with van der Waals surface area (Å²) in [4.78, 5) is 27.1. The topological polar surface area (TPSA) is 75.8 Å². The highest BCUT2D eigenvalue weighted by Gasteiger charge is 2.26. The van der Waals surface area contributed by atoms with E-state index in [9.17, 15) is 9.59 Å². The normalized spacial score (nSPS) is 13.1. The number of rotatable bonds is 1. The lowest BCUT2D eigenvalue weighted by Gasteiger charge is -2.11. The summed E-state index contributed by atoms with van der Waals surface area (Å²) in [6.07, 6.45) is 0. The van der Waals surface area contributed by atoms with Gasteiger partial charge in [0.05, 0.1) is 12.2 Å². The molecule has 0 N–H and O–H groups in total. The summed E-state index contributed by atoms with van der Waals surface area (Å²) in [5.74, 6) is 0. The standard InChI is InChI=1S/C13H7N3O2S/c14-6-9-11(8-4-2-1-3-5-8)16-7-10(17)19-13(16)15-12(9)18/h1-5H,7H2. The average Bonchev–Trinajstić information content (AvgIpc) is 2.77. The Labute approximate surface area is 112 Å². The molecule has 0 bridgehead atoms. The van der Waals surface area contributed by atoms with Gasteiger partial charge >= 0.3 is 0 Å². The number of carbonyl (C=O) groups excluding carboxylic acids is 1. The van der Waals surface area contributed by atoms with E-state index in [2.05, 4.69) is 4.98 Å². The minimum atomic E-state index is -0.588. The molecule has 2 aromatic rings. The molecule has 1 aliphatic heterocycles. The Morgan fingerprint density at radius 2 is 2.00 bits per heavy atom. The van der Waals surface area contributed by atoms with E-state index >= 15 is 0 Å². The number of hydrogen-bond acceptors (Lipinski definition) is 5. The van der Waals surface area contributed by atoms with Gasteiger partial charge in [0.1, 0.15) is 11.6 Å². The molecule has 0 atom stereocenters. The first-order chi connectivity index (χ1) is 9.20. The van der Waals surface area contributed by atoms with Crippen molar-refractivity contribution in [1.29, 1.82) is 5.26 Å². The first-order valence-corrected chi connectivity index (χ1v) is 6.33. The monoisotopic (exact) mass is 269 g/mol. The van der Waals surface area contributed by atoms with Gasteiger partial charge in [-0.2, -0.15) is 10.2 Å². The molecule has 5 nitrogen and oxygen atoms in total. The summed E-state index contributed by atoms with van der Waals surface area (Å²) in [5.41, 5.74) is 0.589. The zero-order chi connectivity index (χ0) is 13.4. The molecule has 2 heterocycles. The van der Waals surface area contributed by atoms with Gasteiger partial charge in [0, 0.05) is 0 Å². The van der Waals surface area contributed by atoms with Crippen LogP contribution >= 0.6 is 11.8 Å². The van der Waals surface area contributed by atoms with Crippen molar-refractivity contribution in [2.45, 2.75) is 11.7 Å². The van der Waals surface area contributed by atoms with E-state index in [0.717, 1.165) is 17.3 Å². The second-order valence-electron chi connectivity index (χ2n) is 3.96. The van der Waals surface area contributed by atoms with E-state index in [0.29, 0.717) is 10.9 Å². The SMILES string of the molecule is N#Cc1c(-c2ccccc2)n2c(nc1=O)SC(=O)C2. The third-order valence-electron chi connectivity index (χ3n) is 2.80. The minimum Gasteiger partial charge on any atom is -0.310 e. The van der Waals surface area contributed by atoms with Gasteiger partial charge < -0.3 is 4.57 Å². The van der Waals surface area contributed by atoms with Crippen molar-refractivity contribution in [2.75, 3.05) is 0 Å². The molecule has 0 fully saturated rings. The molecule has 19 heavy (non-hydrogen) atoms. The molecule has 1 aliphatic rings. The molecule has 6 heteroatoms. The highest BCUT2D eigenvalue weighted by Crippen LogP contribution is 2.31. The van der Waals surface area contributed by atoms with Crippen molar-refractivity contribution >= 4 is 16.9 Å². The zero-order valence-electron chi connectivity index (χ0n) is 9.66. The average molecular weight is 269 g/mol. The zero-order valence-corrected chi connectivity index (χ0v) is 10.5. The lowest BCUT2D eigenvalue weighted by Crippen LogP contribution is -2.18. The summed E-state index contributed by atoms with van der Waals surface area (Å²) >= 11 is 0.937. The number of benzene rings is 1. The molecule has 0 spiro atoms. The molecule has 0 saturated heterocycles. The summed E-state index contributed by atoms with van der Waals surface area (Å²) in [6.45, 7) is 0.131. The van der Waals surface area contributed by atoms with Crippen molar-refractivity contribution in [3.63, 3.8) is 0 Å². The van der Waals surface area contributed by atoms with Crippen molar-refractivity contribution in [1.82, 2.24) is 9.55 Å². The van der Waals surface area contributed by atoms with E-state index in [1.807, 2.05) is 24.3 Å².